The van der Waals surface area contributed by atoms with Crippen molar-refractivity contribution in [3.8, 4) is 28.5 Å². The zero-order valence-corrected chi connectivity index (χ0v) is 23.6. The SMILES string of the molecule is COc1ccc(-c2ccnc3cc(C(=O)Nc4ccc(OC(=O)[C@H](C)NC(=O)OC(C)(C)C)cc4)nn23)cc1OC. The van der Waals surface area contributed by atoms with E-state index in [1.807, 2.05) is 12.1 Å². The fraction of sp³-hybridized carbons (Fsp3) is 0.276. The summed E-state index contributed by atoms with van der Waals surface area (Å²) in [5.74, 6) is 0.268. The Kier molecular flexibility index (Phi) is 8.41. The molecule has 0 radical (unpaired) electrons. The van der Waals surface area contributed by atoms with Crippen molar-refractivity contribution < 1.29 is 33.3 Å². The highest BCUT2D eigenvalue weighted by Crippen LogP contribution is 2.32. The van der Waals surface area contributed by atoms with Gasteiger partial charge in [0.15, 0.2) is 22.8 Å². The second kappa shape index (κ2) is 11.9. The van der Waals surface area contributed by atoms with Crippen LogP contribution < -0.4 is 24.8 Å². The summed E-state index contributed by atoms with van der Waals surface area (Å²) in [6, 6.07) is 14.1. The van der Waals surface area contributed by atoms with Crippen LogP contribution in [-0.2, 0) is 9.53 Å². The summed E-state index contributed by atoms with van der Waals surface area (Å²) >= 11 is 0. The maximum atomic E-state index is 13.0. The summed E-state index contributed by atoms with van der Waals surface area (Å²) in [5, 5.41) is 9.66. The molecule has 2 N–H and O–H groups in total. The Balaban J connectivity index is 1.42. The second-order valence-corrected chi connectivity index (χ2v) is 9.97. The summed E-state index contributed by atoms with van der Waals surface area (Å²) in [6.07, 6.45) is 0.910. The quantitative estimate of drug-likeness (QED) is 0.235. The maximum Gasteiger partial charge on any atom is 0.408 e. The molecule has 2 aromatic heterocycles. The molecular weight excluding hydrogens is 530 g/mol. The van der Waals surface area contributed by atoms with Crippen molar-refractivity contribution in [1.82, 2.24) is 19.9 Å². The minimum absolute atomic E-state index is 0.156. The molecule has 1 atom stereocenters. The summed E-state index contributed by atoms with van der Waals surface area (Å²) in [7, 11) is 3.12. The topological polar surface area (TPSA) is 142 Å². The predicted molar refractivity (Wildman–Crippen MR) is 150 cm³/mol. The van der Waals surface area contributed by atoms with E-state index in [1.54, 1.807) is 76.0 Å². The number of aromatic nitrogens is 3. The number of methoxy groups -OCH3 is 2. The van der Waals surface area contributed by atoms with E-state index >= 15 is 0 Å². The molecular formula is C29H31N5O7. The number of carbonyl (C=O) groups excluding carboxylic acids is 3. The van der Waals surface area contributed by atoms with Crippen LogP contribution >= 0.6 is 0 Å². The third-order valence-corrected chi connectivity index (χ3v) is 5.69. The molecule has 0 bridgehead atoms. The smallest absolute Gasteiger partial charge is 0.408 e. The summed E-state index contributed by atoms with van der Waals surface area (Å²) in [4.78, 5) is 41.5. The maximum absolute atomic E-state index is 13.0. The van der Waals surface area contributed by atoms with Crippen LogP contribution in [-0.4, -0.2) is 58.4 Å². The first-order chi connectivity index (χ1) is 19.5. The van der Waals surface area contributed by atoms with Gasteiger partial charge in [-0.05, 0) is 76.2 Å². The number of nitrogens with zero attached hydrogens (tertiary/aromatic N) is 3. The van der Waals surface area contributed by atoms with Crippen LogP contribution in [0.5, 0.6) is 17.2 Å². The Bertz CT molecular complexity index is 1570. The van der Waals surface area contributed by atoms with Gasteiger partial charge < -0.3 is 29.6 Å². The standard InChI is InChI=1S/C29H31N5O7/c1-17(31-28(37)41-29(2,3)4)27(36)40-20-10-8-19(9-11-20)32-26(35)21-16-25-30-14-13-22(34(25)33-21)18-7-12-23(38-5)24(15-18)39-6/h7-17H,1-6H3,(H,31,37)(H,32,35)/t17-/m0/s1. The highest BCUT2D eigenvalue weighted by atomic mass is 16.6. The van der Waals surface area contributed by atoms with E-state index in [4.69, 9.17) is 18.9 Å². The van der Waals surface area contributed by atoms with Gasteiger partial charge in [-0.1, -0.05) is 0 Å². The zero-order valence-electron chi connectivity index (χ0n) is 23.6. The van der Waals surface area contributed by atoms with Gasteiger partial charge in [0.25, 0.3) is 5.91 Å². The molecule has 0 aliphatic heterocycles. The fourth-order valence-corrected chi connectivity index (χ4v) is 3.77. The van der Waals surface area contributed by atoms with Gasteiger partial charge in [0.05, 0.1) is 19.9 Å². The average Bonchev–Trinajstić information content (AvgIpc) is 3.37. The highest BCUT2D eigenvalue weighted by molar-refractivity contribution is 6.03. The number of fused-ring (bicyclic) bond motifs is 1. The van der Waals surface area contributed by atoms with Crippen molar-refractivity contribution in [2.45, 2.75) is 39.3 Å². The highest BCUT2D eigenvalue weighted by Gasteiger charge is 2.22. The number of benzene rings is 2. The van der Waals surface area contributed by atoms with Crippen molar-refractivity contribution in [3.63, 3.8) is 0 Å². The minimum Gasteiger partial charge on any atom is -0.493 e. The van der Waals surface area contributed by atoms with E-state index in [1.165, 1.54) is 19.1 Å². The van der Waals surface area contributed by atoms with E-state index in [0.717, 1.165) is 5.56 Å². The first-order valence-electron chi connectivity index (χ1n) is 12.7. The van der Waals surface area contributed by atoms with Gasteiger partial charge in [0.2, 0.25) is 0 Å². The lowest BCUT2D eigenvalue weighted by molar-refractivity contribution is -0.136. The lowest BCUT2D eigenvalue weighted by Crippen LogP contribution is -2.43. The second-order valence-electron chi connectivity index (χ2n) is 9.97. The number of alkyl carbamates (subject to hydrolysis) is 1. The first-order valence-corrected chi connectivity index (χ1v) is 12.7. The molecule has 0 unspecified atom stereocenters. The van der Waals surface area contributed by atoms with Crippen LogP contribution in [0.2, 0.25) is 0 Å². The van der Waals surface area contributed by atoms with Crippen LogP contribution in [0.4, 0.5) is 10.5 Å². The molecule has 12 heteroatoms. The van der Waals surface area contributed by atoms with Crippen LogP contribution in [0.15, 0.2) is 60.8 Å². The molecule has 41 heavy (non-hydrogen) atoms. The number of amides is 2. The van der Waals surface area contributed by atoms with E-state index in [0.29, 0.717) is 28.5 Å². The van der Waals surface area contributed by atoms with Crippen molar-refractivity contribution in [1.29, 1.82) is 0 Å². The number of rotatable bonds is 8. The predicted octanol–water partition coefficient (Wildman–Crippen LogP) is 4.48. The van der Waals surface area contributed by atoms with Gasteiger partial charge in [-0.2, -0.15) is 5.10 Å². The average molecular weight is 562 g/mol. The Morgan fingerprint density at radius 2 is 1.63 bits per heavy atom. The summed E-state index contributed by atoms with van der Waals surface area (Å²) < 4.78 is 22.8. The summed E-state index contributed by atoms with van der Waals surface area (Å²) in [6.45, 7) is 6.65. The molecule has 4 aromatic rings. The van der Waals surface area contributed by atoms with Crippen molar-refractivity contribution >= 4 is 29.3 Å². The molecule has 0 spiro atoms. The first kappa shape index (κ1) is 28.9. The van der Waals surface area contributed by atoms with E-state index in [2.05, 4.69) is 20.7 Å². The fourth-order valence-electron chi connectivity index (χ4n) is 3.77. The minimum atomic E-state index is -0.934. The number of esters is 1. The Labute approximate surface area is 236 Å². The molecule has 2 amide bonds. The lowest BCUT2D eigenvalue weighted by atomic mass is 10.1. The lowest BCUT2D eigenvalue weighted by Gasteiger charge is -2.21. The molecule has 0 aliphatic carbocycles. The molecule has 0 aliphatic rings. The number of hydrogen-bond acceptors (Lipinski definition) is 9. The Morgan fingerprint density at radius 1 is 0.927 bits per heavy atom. The molecule has 2 heterocycles. The van der Waals surface area contributed by atoms with Crippen LogP contribution in [0.25, 0.3) is 16.9 Å². The van der Waals surface area contributed by atoms with E-state index < -0.39 is 29.6 Å². The van der Waals surface area contributed by atoms with Crippen LogP contribution in [0, 0.1) is 0 Å². The normalized spacial score (nSPS) is 11.9. The molecule has 2 aromatic carbocycles. The number of hydrogen-bond donors (Lipinski definition) is 2. The third kappa shape index (κ3) is 7.10. The van der Waals surface area contributed by atoms with Crippen LogP contribution in [0.3, 0.4) is 0 Å². The van der Waals surface area contributed by atoms with Gasteiger partial charge in [-0.15, -0.1) is 0 Å². The molecule has 4 rings (SSSR count). The van der Waals surface area contributed by atoms with Gasteiger partial charge in [-0.25, -0.2) is 19.1 Å². The zero-order chi connectivity index (χ0) is 29.7. The van der Waals surface area contributed by atoms with Gasteiger partial charge in [-0.3, -0.25) is 4.79 Å². The molecule has 214 valence electrons. The van der Waals surface area contributed by atoms with E-state index in [-0.39, 0.29) is 11.4 Å². The summed E-state index contributed by atoms with van der Waals surface area (Å²) in [5.41, 5.74) is 1.91. The number of carbonyl (C=O) groups is 3. The molecule has 0 saturated carbocycles. The largest absolute Gasteiger partial charge is 0.493 e. The van der Waals surface area contributed by atoms with Crippen molar-refractivity contribution in [2.75, 3.05) is 19.5 Å². The number of ether oxygens (including phenoxy) is 4. The van der Waals surface area contributed by atoms with Gasteiger partial charge >= 0.3 is 12.1 Å². The monoisotopic (exact) mass is 561 g/mol. The Hall–Kier alpha value is -5.13. The number of anilines is 1. The van der Waals surface area contributed by atoms with Gasteiger partial charge in [0.1, 0.15) is 17.4 Å². The Morgan fingerprint density at radius 3 is 2.29 bits per heavy atom. The van der Waals surface area contributed by atoms with E-state index in [9.17, 15) is 14.4 Å². The third-order valence-electron chi connectivity index (χ3n) is 5.69. The molecule has 0 fully saturated rings. The van der Waals surface area contributed by atoms with Gasteiger partial charge in [0, 0.05) is 23.5 Å². The molecule has 12 nitrogen and oxygen atoms in total. The molecule has 0 saturated heterocycles. The van der Waals surface area contributed by atoms with Crippen LogP contribution in [0.1, 0.15) is 38.2 Å². The number of nitrogens with one attached hydrogen (secondary N) is 2. The van der Waals surface area contributed by atoms with Crippen molar-refractivity contribution in [2.24, 2.45) is 0 Å². The van der Waals surface area contributed by atoms with Crippen molar-refractivity contribution in [3.05, 3.63) is 66.5 Å².